The first-order valence-corrected chi connectivity index (χ1v) is 5.75. The Morgan fingerprint density at radius 2 is 2.35 bits per heavy atom. The van der Waals surface area contributed by atoms with Crippen LogP contribution in [0.3, 0.4) is 0 Å². The fourth-order valence-corrected chi connectivity index (χ4v) is 1.72. The fourth-order valence-electron chi connectivity index (χ4n) is 1.72. The number of rotatable bonds is 4. The van der Waals surface area contributed by atoms with Crippen LogP contribution < -0.4 is 10.5 Å². The summed E-state index contributed by atoms with van der Waals surface area (Å²) in [6.45, 7) is 1.10. The van der Waals surface area contributed by atoms with E-state index in [1.54, 1.807) is 0 Å². The van der Waals surface area contributed by atoms with Crippen LogP contribution in [0, 0.1) is 0 Å². The van der Waals surface area contributed by atoms with E-state index >= 15 is 0 Å². The van der Waals surface area contributed by atoms with E-state index in [-0.39, 0.29) is 18.4 Å². The summed E-state index contributed by atoms with van der Waals surface area (Å²) in [5.41, 5.74) is 5.44. The third kappa shape index (κ3) is 2.83. The first-order chi connectivity index (χ1) is 9.52. The summed E-state index contributed by atoms with van der Waals surface area (Å²) in [5.74, 6) is -1.68. The van der Waals surface area contributed by atoms with Gasteiger partial charge in [-0.05, 0) is 0 Å². The molecular formula is C11H14N2O7. The van der Waals surface area contributed by atoms with Gasteiger partial charge in [0.2, 0.25) is 5.76 Å². The van der Waals surface area contributed by atoms with E-state index in [4.69, 9.17) is 24.4 Å². The van der Waals surface area contributed by atoms with Crippen molar-refractivity contribution in [1.82, 2.24) is 4.98 Å². The molecule has 9 nitrogen and oxygen atoms in total. The molecule has 20 heavy (non-hydrogen) atoms. The number of hydrogen-bond acceptors (Lipinski definition) is 9. The molecule has 0 saturated carbocycles. The molecule has 0 bridgehead atoms. The fraction of sp³-hybridized carbons (Fsp3) is 0.455. The van der Waals surface area contributed by atoms with Gasteiger partial charge in [0.15, 0.2) is 18.3 Å². The minimum Gasteiger partial charge on any atom is -0.478 e. The van der Waals surface area contributed by atoms with E-state index in [9.17, 15) is 15.0 Å². The first kappa shape index (κ1) is 14.2. The van der Waals surface area contributed by atoms with Crippen LogP contribution in [0.25, 0.3) is 0 Å². The molecule has 1 unspecified atom stereocenters. The molecule has 0 aromatic carbocycles. The number of carbonyl (C=O) groups is 1. The third-order valence-electron chi connectivity index (χ3n) is 2.56. The van der Waals surface area contributed by atoms with Crippen LogP contribution in [0.4, 0.5) is 0 Å². The van der Waals surface area contributed by atoms with Crippen molar-refractivity contribution in [3.8, 4) is 6.08 Å². The molecule has 0 spiro atoms. The molecule has 1 aromatic rings. The summed E-state index contributed by atoms with van der Waals surface area (Å²) in [6.07, 6.45) is -1.12. The predicted octanol–water partition coefficient (Wildman–Crippen LogP) is -0.569. The van der Waals surface area contributed by atoms with Crippen molar-refractivity contribution in [2.24, 2.45) is 5.73 Å². The van der Waals surface area contributed by atoms with Gasteiger partial charge >= 0.3 is 18.0 Å². The normalized spacial score (nSPS) is 26.1. The molecule has 1 aromatic heterocycles. The maximum absolute atomic E-state index is 11.0. The minimum atomic E-state index is -1.46. The van der Waals surface area contributed by atoms with Crippen molar-refractivity contribution in [1.29, 1.82) is 0 Å². The second kappa shape index (κ2) is 5.80. The smallest absolute Gasteiger partial charge is 0.399 e. The molecule has 0 radical (unpaired) electrons. The van der Waals surface area contributed by atoms with Crippen molar-refractivity contribution in [2.75, 3.05) is 6.54 Å². The Balaban J connectivity index is 2.23. The van der Waals surface area contributed by atoms with Crippen molar-refractivity contribution in [2.45, 2.75) is 25.2 Å². The Kier molecular flexibility index (Phi) is 4.11. The zero-order valence-electron chi connectivity index (χ0n) is 10.6. The number of aromatic nitrogens is 1. The van der Waals surface area contributed by atoms with Crippen LogP contribution in [0.15, 0.2) is 28.6 Å². The molecule has 3 atom stereocenters. The van der Waals surface area contributed by atoms with Gasteiger partial charge in [-0.1, -0.05) is 0 Å². The zero-order valence-corrected chi connectivity index (χ0v) is 10.6. The number of ether oxygens (including phenoxy) is 3. The largest absolute Gasteiger partial charge is 0.478 e. The average Bonchev–Trinajstić information content (AvgIpc) is 2.90. The van der Waals surface area contributed by atoms with Crippen LogP contribution in [0.2, 0.25) is 0 Å². The Hall–Kier alpha value is -2.26. The van der Waals surface area contributed by atoms with Gasteiger partial charge < -0.3 is 34.6 Å². The van der Waals surface area contributed by atoms with Gasteiger partial charge in [0.1, 0.15) is 6.26 Å². The quantitative estimate of drug-likeness (QED) is 0.621. The van der Waals surface area contributed by atoms with E-state index in [1.807, 2.05) is 0 Å². The van der Waals surface area contributed by atoms with Crippen molar-refractivity contribution >= 4 is 5.97 Å². The Labute approximate surface area is 113 Å². The van der Waals surface area contributed by atoms with Gasteiger partial charge in [0.05, 0.1) is 6.20 Å². The second-order valence-corrected chi connectivity index (χ2v) is 3.98. The van der Waals surface area contributed by atoms with E-state index in [0.29, 0.717) is 0 Å². The lowest BCUT2D eigenvalue weighted by molar-refractivity contribution is -0.173. The highest BCUT2D eigenvalue weighted by Crippen LogP contribution is 2.27. The first-order valence-electron chi connectivity index (χ1n) is 5.75. The number of carbonyl (C=O) groups excluding carboxylic acids is 1. The standard InChI is InChI=1S/C11H14N2O7/c1-5(14)18-8-6(4-12)19-10(16)9(7(8)15)20-11-13-2-3-17-11/h2-3,6-8,15-16H,4,12H2,1H3/t6?,7-,8-/m0/s1. The molecular weight excluding hydrogens is 272 g/mol. The van der Waals surface area contributed by atoms with Gasteiger partial charge in [-0.2, -0.15) is 4.98 Å². The van der Waals surface area contributed by atoms with Gasteiger partial charge in [0.25, 0.3) is 0 Å². The summed E-state index contributed by atoms with van der Waals surface area (Å²) in [6, 6.07) is 0. The predicted molar refractivity (Wildman–Crippen MR) is 62.3 cm³/mol. The molecule has 110 valence electrons. The SMILES string of the molecule is CC(=O)O[C@H]1C(CN)OC(O)=C(Oc2ncco2)[C@H]1O. The van der Waals surface area contributed by atoms with E-state index < -0.39 is 30.2 Å². The molecule has 0 amide bonds. The third-order valence-corrected chi connectivity index (χ3v) is 2.56. The summed E-state index contributed by atoms with van der Waals surface area (Å²) in [4.78, 5) is 14.7. The summed E-state index contributed by atoms with van der Waals surface area (Å²) in [5, 5.41) is 19.8. The molecule has 2 heterocycles. The maximum Gasteiger partial charge on any atom is 0.399 e. The number of aliphatic hydroxyl groups is 2. The van der Waals surface area contributed by atoms with Gasteiger partial charge in [-0.3, -0.25) is 4.79 Å². The van der Waals surface area contributed by atoms with Crippen LogP contribution in [0.5, 0.6) is 6.08 Å². The van der Waals surface area contributed by atoms with E-state index in [2.05, 4.69) is 4.98 Å². The molecule has 4 N–H and O–H groups in total. The lowest BCUT2D eigenvalue weighted by atomic mass is 10.0. The number of hydrogen-bond donors (Lipinski definition) is 3. The monoisotopic (exact) mass is 286 g/mol. The molecule has 1 aliphatic rings. The number of oxazole rings is 1. The zero-order chi connectivity index (χ0) is 14.7. The van der Waals surface area contributed by atoms with Crippen LogP contribution in [-0.4, -0.2) is 46.0 Å². The van der Waals surface area contributed by atoms with Gasteiger partial charge in [-0.15, -0.1) is 0 Å². The number of nitrogens with zero attached hydrogens (tertiary/aromatic N) is 1. The van der Waals surface area contributed by atoms with Crippen molar-refractivity contribution < 1.29 is 33.6 Å². The molecule has 0 aliphatic carbocycles. The highest BCUT2D eigenvalue weighted by molar-refractivity contribution is 5.66. The number of esters is 1. The molecule has 0 fully saturated rings. The molecule has 1 aliphatic heterocycles. The summed E-state index contributed by atoms with van der Waals surface area (Å²) in [7, 11) is 0. The molecule has 9 heteroatoms. The lowest BCUT2D eigenvalue weighted by Gasteiger charge is -2.34. The maximum atomic E-state index is 11.0. The molecule has 0 saturated heterocycles. The Morgan fingerprint density at radius 1 is 1.60 bits per heavy atom. The van der Waals surface area contributed by atoms with Crippen LogP contribution in [-0.2, 0) is 14.3 Å². The summed E-state index contributed by atoms with van der Waals surface area (Å²) < 4.78 is 19.9. The van der Waals surface area contributed by atoms with E-state index in [0.717, 1.165) is 0 Å². The van der Waals surface area contributed by atoms with Gasteiger partial charge in [-0.25, -0.2) is 0 Å². The Bertz CT molecular complexity index is 499. The number of aliphatic hydroxyl groups excluding tert-OH is 2. The van der Waals surface area contributed by atoms with Crippen LogP contribution >= 0.6 is 0 Å². The number of nitrogens with two attached hydrogens (primary N) is 1. The van der Waals surface area contributed by atoms with Crippen molar-refractivity contribution in [3.63, 3.8) is 0 Å². The minimum absolute atomic E-state index is 0.0780. The average molecular weight is 286 g/mol. The second-order valence-electron chi connectivity index (χ2n) is 3.98. The molecule has 2 rings (SSSR count). The Morgan fingerprint density at radius 3 is 2.90 bits per heavy atom. The van der Waals surface area contributed by atoms with Crippen molar-refractivity contribution in [3.05, 3.63) is 24.2 Å². The highest BCUT2D eigenvalue weighted by Gasteiger charge is 2.43. The van der Waals surface area contributed by atoms with Gasteiger partial charge in [0, 0.05) is 13.5 Å². The lowest BCUT2D eigenvalue weighted by Crippen LogP contribution is -2.51. The van der Waals surface area contributed by atoms with E-state index in [1.165, 1.54) is 19.4 Å². The highest BCUT2D eigenvalue weighted by atomic mass is 16.7. The van der Waals surface area contributed by atoms with Crippen LogP contribution in [0.1, 0.15) is 6.92 Å². The topological polar surface area (TPSA) is 137 Å². The summed E-state index contributed by atoms with van der Waals surface area (Å²) >= 11 is 0.